The fourth-order valence-electron chi connectivity index (χ4n) is 2.76. The van der Waals surface area contributed by atoms with Gasteiger partial charge in [-0.3, -0.25) is 0 Å². The number of carboxylic acid groups (broad SMARTS) is 1. The van der Waals surface area contributed by atoms with E-state index in [9.17, 15) is 9.18 Å². The topological polar surface area (TPSA) is 40.5 Å². The molecular weight excluding hydrogens is 357 g/mol. The number of fused-ring (bicyclic) bond motifs is 1. The van der Waals surface area contributed by atoms with Crippen LogP contribution in [0.15, 0.2) is 28.1 Å². The Morgan fingerprint density at radius 1 is 1.48 bits per heavy atom. The molecule has 0 saturated heterocycles. The van der Waals surface area contributed by atoms with E-state index in [1.54, 1.807) is 17.4 Å². The first-order valence-corrected chi connectivity index (χ1v) is 8.22. The SMILES string of the molecule is CC1c2ccsc2CCN1c1ccc(C(=O)O)c(Br)c1F. The number of hydrogen-bond acceptors (Lipinski definition) is 3. The first kappa shape index (κ1) is 14.5. The van der Waals surface area contributed by atoms with Crippen LogP contribution in [0.2, 0.25) is 0 Å². The van der Waals surface area contributed by atoms with Crippen molar-refractivity contribution in [2.45, 2.75) is 19.4 Å². The summed E-state index contributed by atoms with van der Waals surface area (Å²) in [5.74, 6) is -1.65. The number of anilines is 1. The quantitative estimate of drug-likeness (QED) is 0.848. The van der Waals surface area contributed by atoms with Gasteiger partial charge >= 0.3 is 5.97 Å². The van der Waals surface area contributed by atoms with Crippen molar-refractivity contribution in [3.8, 4) is 0 Å². The molecule has 6 heteroatoms. The van der Waals surface area contributed by atoms with Crippen LogP contribution < -0.4 is 4.90 Å². The highest BCUT2D eigenvalue weighted by Gasteiger charge is 2.28. The van der Waals surface area contributed by atoms with Gasteiger partial charge in [-0.1, -0.05) is 0 Å². The van der Waals surface area contributed by atoms with Crippen molar-refractivity contribution >= 4 is 38.9 Å². The zero-order valence-electron chi connectivity index (χ0n) is 11.3. The van der Waals surface area contributed by atoms with Gasteiger partial charge in [0.05, 0.1) is 21.8 Å². The number of rotatable bonds is 2. The van der Waals surface area contributed by atoms with Crippen LogP contribution in [-0.2, 0) is 6.42 Å². The molecule has 3 nitrogen and oxygen atoms in total. The molecule has 0 radical (unpaired) electrons. The second-order valence-corrected chi connectivity index (χ2v) is 6.78. The van der Waals surface area contributed by atoms with Crippen LogP contribution in [0.3, 0.4) is 0 Å². The van der Waals surface area contributed by atoms with Crippen LogP contribution in [0.4, 0.5) is 10.1 Å². The number of carboxylic acids is 1. The van der Waals surface area contributed by atoms with Crippen LogP contribution in [-0.4, -0.2) is 17.6 Å². The maximum Gasteiger partial charge on any atom is 0.336 e. The molecule has 1 aliphatic heterocycles. The Kier molecular flexibility index (Phi) is 3.75. The van der Waals surface area contributed by atoms with Gasteiger partial charge in [-0.05, 0) is 58.4 Å². The van der Waals surface area contributed by atoms with Gasteiger partial charge in [-0.15, -0.1) is 11.3 Å². The van der Waals surface area contributed by atoms with Crippen molar-refractivity contribution < 1.29 is 14.3 Å². The second kappa shape index (κ2) is 5.42. The van der Waals surface area contributed by atoms with Gasteiger partial charge < -0.3 is 10.0 Å². The Morgan fingerprint density at radius 3 is 2.95 bits per heavy atom. The highest BCUT2D eigenvalue weighted by molar-refractivity contribution is 9.10. The molecule has 1 aliphatic rings. The van der Waals surface area contributed by atoms with Crippen molar-refractivity contribution in [2.75, 3.05) is 11.4 Å². The average Bonchev–Trinajstić information content (AvgIpc) is 2.92. The van der Waals surface area contributed by atoms with Crippen molar-refractivity contribution in [1.82, 2.24) is 0 Å². The summed E-state index contributed by atoms with van der Waals surface area (Å²) < 4.78 is 14.5. The molecule has 0 amide bonds. The first-order chi connectivity index (χ1) is 10.0. The smallest absolute Gasteiger partial charge is 0.336 e. The summed E-state index contributed by atoms with van der Waals surface area (Å²) in [4.78, 5) is 14.4. The average molecular weight is 370 g/mol. The zero-order chi connectivity index (χ0) is 15.1. The van der Waals surface area contributed by atoms with E-state index in [0.29, 0.717) is 5.69 Å². The summed E-state index contributed by atoms with van der Waals surface area (Å²) in [6.45, 7) is 2.77. The summed E-state index contributed by atoms with van der Waals surface area (Å²) in [6, 6.07) is 5.16. The molecular formula is C15H13BrFNO2S. The molecule has 2 aromatic rings. The Bertz CT molecular complexity index is 716. The third-order valence-corrected chi connectivity index (χ3v) is 5.65. The lowest BCUT2D eigenvalue weighted by Crippen LogP contribution is -2.33. The van der Waals surface area contributed by atoms with E-state index in [4.69, 9.17) is 5.11 Å². The van der Waals surface area contributed by atoms with Gasteiger partial charge in [0.25, 0.3) is 0 Å². The van der Waals surface area contributed by atoms with Gasteiger partial charge in [0, 0.05) is 11.4 Å². The van der Waals surface area contributed by atoms with Crippen LogP contribution in [0.5, 0.6) is 0 Å². The second-order valence-electron chi connectivity index (χ2n) is 4.98. The van der Waals surface area contributed by atoms with E-state index in [2.05, 4.69) is 27.4 Å². The highest BCUT2D eigenvalue weighted by Crippen LogP contribution is 2.39. The zero-order valence-corrected chi connectivity index (χ0v) is 13.7. The molecule has 0 spiro atoms. The lowest BCUT2D eigenvalue weighted by molar-refractivity contribution is 0.0695. The van der Waals surface area contributed by atoms with Gasteiger partial charge in [0.15, 0.2) is 5.82 Å². The predicted molar refractivity (Wildman–Crippen MR) is 84.8 cm³/mol. The number of benzene rings is 1. The Hall–Kier alpha value is -1.40. The van der Waals surface area contributed by atoms with E-state index in [-0.39, 0.29) is 16.1 Å². The van der Waals surface area contributed by atoms with E-state index < -0.39 is 11.8 Å². The number of halogens is 2. The van der Waals surface area contributed by atoms with Crippen LogP contribution in [0.25, 0.3) is 0 Å². The molecule has 0 bridgehead atoms. The predicted octanol–water partition coefficient (Wildman–Crippen LogP) is 4.47. The molecule has 0 saturated carbocycles. The number of nitrogens with zero attached hydrogens (tertiary/aromatic N) is 1. The third-order valence-electron chi connectivity index (χ3n) is 3.88. The van der Waals surface area contributed by atoms with Crippen LogP contribution in [0, 0.1) is 5.82 Å². The maximum atomic E-state index is 14.5. The Morgan fingerprint density at radius 2 is 2.24 bits per heavy atom. The summed E-state index contributed by atoms with van der Waals surface area (Å²) in [7, 11) is 0. The molecule has 0 aliphatic carbocycles. The first-order valence-electron chi connectivity index (χ1n) is 6.55. The van der Waals surface area contributed by atoms with Gasteiger partial charge in [0.2, 0.25) is 0 Å². The molecule has 2 heterocycles. The lowest BCUT2D eigenvalue weighted by Gasteiger charge is -2.36. The minimum atomic E-state index is -1.14. The van der Waals surface area contributed by atoms with E-state index in [1.807, 2.05) is 11.8 Å². The molecule has 1 N–H and O–H groups in total. The van der Waals surface area contributed by atoms with Crippen molar-refractivity contribution in [3.63, 3.8) is 0 Å². The number of hydrogen-bond donors (Lipinski definition) is 1. The normalized spacial score (nSPS) is 17.7. The molecule has 0 fully saturated rings. The van der Waals surface area contributed by atoms with E-state index in [0.717, 1.165) is 13.0 Å². The number of thiophene rings is 1. The van der Waals surface area contributed by atoms with Gasteiger partial charge in [0.1, 0.15) is 0 Å². The van der Waals surface area contributed by atoms with Crippen molar-refractivity contribution in [1.29, 1.82) is 0 Å². The standard InChI is InChI=1S/C15H13BrFNO2S/c1-8-9-5-7-21-12(9)4-6-18(8)11-3-2-10(15(19)20)13(16)14(11)17/h2-3,5,7-8H,4,6H2,1H3,(H,19,20). The van der Waals surface area contributed by atoms with Crippen molar-refractivity contribution in [2.24, 2.45) is 0 Å². The van der Waals surface area contributed by atoms with E-state index in [1.165, 1.54) is 16.5 Å². The monoisotopic (exact) mass is 369 g/mol. The van der Waals surface area contributed by atoms with Crippen LogP contribution >= 0.6 is 27.3 Å². The summed E-state index contributed by atoms with van der Waals surface area (Å²) >= 11 is 4.79. The molecule has 1 aromatic heterocycles. The fraction of sp³-hybridized carbons (Fsp3) is 0.267. The Labute approximate surface area is 134 Å². The molecule has 1 unspecified atom stereocenters. The molecule has 1 aromatic carbocycles. The molecule has 1 atom stereocenters. The summed E-state index contributed by atoms with van der Waals surface area (Å²) in [5.41, 5.74) is 1.61. The summed E-state index contributed by atoms with van der Waals surface area (Å²) in [6.07, 6.45) is 0.884. The van der Waals surface area contributed by atoms with Gasteiger partial charge in [-0.2, -0.15) is 0 Å². The molecule has 3 rings (SSSR count). The number of aromatic carboxylic acids is 1. The number of carbonyl (C=O) groups is 1. The minimum absolute atomic E-state index is 0.0100. The summed E-state index contributed by atoms with van der Waals surface area (Å²) in [5, 5.41) is 11.1. The largest absolute Gasteiger partial charge is 0.478 e. The third kappa shape index (κ3) is 2.36. The fourth-order valence-corrected chi connectivity index (χ4v) is 4.23. The van der Waals surface area contributed by atoms with Crippen LogP contribution in [0.1, 0.15) is 33.8 Å². The maximum absolute atomic E-state index is 14.5. The molecule has 21 heavy (non-hydrogen) atoms. The van der Waals surface area contributed by atoms with Gasteiger partial charge in [-0.25, -0.2) is 9.18 Å². The van der Waals surface area contributed by atoms with E-state index >= 15 is 0 Å². The minimum Gasteiger partial charge on any atom is -0.478 e. The Balaban J connectivity index is 2.02. The molecule has 110 valence electrons. The highest BCUT2D eigenvalue weighted by atomic mass is 79.9. The van der Waals surface area contributed by atoms with Crippen molar-refractivity contribution in [3.05, 3.63) is 49.9 Å². The lowest BCUT2D eigenvalue weighted by atomic mass is 10.0.